The number of carbonyl (C=O) groups is 1. The highest BCUT2D eigenvalue weighted by Crippen LogP contribution is 2.35. The van der Waals surface area contributed by atoms with Crippen molar-refractivity contribution in [1.82, 2.24) is 0 Å². The van der Waals surface area contributed by atoms with E-state index in [1.54, 1.807) is 36.4 Å². The Morgan fingerprint density at radius 2 is 1.62 bits per heavy atom. The molecule has 0 radical (unpaired) electrons. The second kappa shape index (κ2) is 6.32. The molecule has 110 valence electrons. The second-order valence-electron chi connectivity index (χ2n) is 4.49. The number of aliphatic carboxylic acids is 1. The number of benzene rings is 2. The van der Waals surface area contributed by atoms with E-state index in [9.17, 15) is 18.3 Å². The fourth-order valence-corrected chi connectivity index (χ4v) is 3.38. The summed E-state index contributed by atoms with van der Waals surface area (Å²) in [5, 5.41) is 8.63. The summed E-state index contributed by atoms with van der Waals surface area (Å²) in [6, 6.07) is 15.2. The maximum Gasteiger partial charge on any atom is 0.321 e. The first-order valence-corrected chi connectivity index (χ1v) is 8.89. The Labute approximate surface area is 127 Å². The summed E-state index contributed by atoms with van der Waals surface area (Å²) in [6.45, 7) is 0. The summed E-state index contributed by atoms with van der Waals surface area (Å²) in [5.74, 6) is -0.932. The van der Waals surface area contributed by atoms with Gasteiger partial charge in [-0.05, 0) is 29.8 Å². The minimum atomic E-state index is -3.24. The average molecular weight is 322 g/mol. The lowest BCUT2D eigenvalue weighted by Gasteiger charge is -2.12. The maximum atomic E-state index is 11.4. The SMILES string of the molecule is CS(=O)(=O)c1ccc(SC(C(=O)O)c2ccccc2)cc1. The van der Waals surface area contributed by atoms with Gasteiger partial charge in [0.1, 0.15) is 5.25 Å². The Kier molecular flexibility index (Phi) is 4.69. The molecule has 0 bridgehead atoms. The molecule has 21 heavy (non-hydrogen) atoms. The normalized spacial score (nSPS) is 12.8. The average Bonchev–Trinajstić information content (AvgIpc) is 2.45. The number of hydrogen-bond acceptors (Lipinski definition) is 4. The third-order valence-corrected chi connectivity index (χ3v) is 5.21. The zero-order valence-corrected chi connectivity index (χ0v) is 12.9. The molecule has 2 aromatic rings. The molecule has 1 unspecified atom stereocenters. The van der Waals surface area contributed by atoms with E-state index < -0.39 is 21.1 Å². The highest BCUT2D eigenvalue weighted by molar-refractivity contribution is 8.00. The van der Waals surface area contributed by atoms with E-state index in [0.717, 1.165) is 6.26 Å². The van der Waals surface area contributed by atoms with Crippen LogP contribution in [0.4, 0.5) is 0 Å². The number of carboxylic acids is 1. The monoisotopic (exact) mass is 322 g/mol. The van der Waals surface area contributed by atoms with Crippen molar-refractivity contribution in [2.45, 2.75) is 15.0 Å². The molecule has 2 rings (SSSR count). The Morgan fingerprint density at radius 1 is 1.05 bits per heavy atom. The van der Waals surface area contributed by atoms with Gasteiger partial charge in [0.2, 0.25) is 0 Å². The Morgan fingerprint density at radius 3 is 2.10 bits per heavy atom. The molecular weight excluding hydrogens is 308 g/mol. The summed E-state index contributed by atoms with van der Waals surface area (Å²) in [5.41, 5.74) is 0.696. The van der Waals surface area contributed by atoms with Gasteiger partial charge in [0.05, 0.1) is 4.90 Å². The van der Waals surface area contributed by atoms with Crippen LogP contribution in [0, 0.1) is 0 Å². The van der Waals surface area contributed by atoms with E-state index in [4.69, 9.17) is 0 Å². The van der Waals surface area contributed by atoms with Crippen LogP contribution in [0.2, 0.25) is 0 Å². The van der Waals surface area contributed by atoms with Crippen LogP contribution in [0.5, 0.6) is 0 Å². The summed E-state index contributed by atoms with van der Waals surface area (Å²) in [6.07, 6.45) is 1.14. The summed E-state index contributed by atoms with van der Waals surface area (Å²) in [7, 11) is -3.24. The van der Waals surface area contributed by atoms with Crippen LogP contribution in [0.25, 0.3) is 0 Å². The molecule has 0 amide bonds. The van der Waals surface area contributed by atoms with Crippen molar-refractivity contribution >= 4 is 27.6 Å². The third kappa shape index (κ3) is 4.09. The van der Waals surface area contributed by atoms with Gasteiger partial charge >= 0.3 is 5.97 Å². The molecule has 0 aliphatic carbocycles. The molecule has 0 aromatic heterocycles. The van der Waals surface area contributed by atoms with Gasteiger partial charge in [0.15, 0.2) is 9.84 Å². The number of carboxylic acid groups (broad SMARTS) is 1. The summed E-state index contributed by atoms with van der Waals surface area (Å²) in [4.78, 5) is 12.3. The molecule has 1 atom stereocenters. The standard InChI is InChI=1S/C15H14O4S2/c1-21(18,19)13-9-7-12(8-10-13)20-14(15(16)17)11-5-3-2-4-6-11/h2-10,14H,1H3,(H,16,17). The van der Waals surface area contributed by atoms with Crippen LogP contribution < -0.4 is 0 Å². The van der Waals surface area contributed by atoms with Gasteiger partial charge in [0, 0.05) is 11.2 Å². The Bertz CT molecular complexity index is 722. The van der Waals surface area contributed by atoms with Gasteiger partial charge in [0.25, 0.3) is 0 Å². The number of hydrogen-bond donors (Lipinski definition) is 1. The van der Waals surface area contributed by atoms with Gasteiger partial charge in [-0.3, -0.25) is 4.79 Å². The van der Waals surface area contributed by atoms with Gasteiger partial charge in [-0.15, -0.1) is 11.8 Å². The fraction of sp³-hybridized carbons (Fsp3) is 0.133. The van der Waals surface area contributed by atoms with Crippen LogP contribution in [-0.4, -0.2) is 25.7 Å². The van der Waals surface area contributed by atoms with Crippen molar-refractivity contribution < 1.29 is 18.3 Å². The van der Waals surface area contributed by atoms with Crippen molar-refractivity contribution in [3.05, 3.63) is 60.2 Å². The van der Waals surface area contributed by atoms with Gasteiger partial charge < -0.3 is 5.11 Å². The van der Waals surface area contributed by atoms with Crippen LogP contribution in [0.3, 0.4) is 0 Å². The van der Waals surface area contributed by atoms with Gasteiger partial charge in [-0.1, -0.05) is 30.3 Å². The van der Waals surface area contributed by atoms with Crippen LogP contribution in [0.15, 0.2) is 64.4 Å². The molecule has 0 aliphatic heterocycles. The van der Waals surface area contributed by atoms with E-state index in [0.29, 0.717) is 10.5 Å². The van der Waals surface area contributed by atoms with E-state index in [2.05, 4.69) is 0 Å². The second-order valence-corrected chi connectivity index (χ2v) is 7.68. The molecule has 0 saturated carbocycles. The van der Waals surface area contributed by atoms with E-state index >= 15 is 0 Å². The van der Waals surface area contributed by atoms with E-state index in [1.165, 1.54) is 23.9 Å². The number of thioether (sulfide) groups is 1. The third-order valence-electron chi connectivity index (χ3n) is 2.83. The van der Waals surface area contributed by atoms with Crippen molar-refractivity contribution in [3.63, 3.8) is 0 Å². The Hall–Kier alpha value is -1.79. The quantitative estimate of drug-likeness (QED) is 0.857. The van der Waals surface area contributed by atoms with Crippen molar-refractivity contribution in [1.29, 1.82) is 0 Å². The molecule has 0 spiro atoms. The van der Waals surface area contributed by atoms with Gasteiger partial charge in [-0.25, -0.2) is 8.42 Å². The summed E-state index contributed by atoms with van der Waals surface area (Å²) < 4.78 is 22.8. The van der Waals surface area contributed by atoms with Crippen LogP contribution >= 0.6 is 11.8 Å². The molecule has 0 saturated heterocycles. The van der Waals surface area contributed by atoms with Crippen LogP contribution in [-0.2, 0) is 14.6 Å². The fourth-order valence-electron chi connectivity index (χ4n) is 1.79. The highest BCUT2D eigenvalue weighted by atomic mass is 32.2. The summed E-state index contributed by atoms with van der Waals surface area (Å²) >= 11 is 1.17. The first-order chi connectivity index (χ1) is 9.88. The largest absolute Gasteiger partial charge is 0.480 e. The van der Waals surface area contributed by atoms with Crippen molar-refractivity contribution in [3.8, 4) is 0 Å². The van der Waals surface area contributed by atoms with Crippen molar-refractivity contribution in [2.75, 3.05) is 6.26 Å². The highest BCUT2D eigenvalue weighted by Gasteiger charge is 2.21. The molecule has 4 nitrogen and oxygen atoms in total. The molecule has 1 N–H and O–H groups in total. The minimum Gasteiger partial charge on any atom is -0.480 e. The molecule has 0 heterocycles. The number of sulfone groups is 1. The van der Waals surface area contributed by atoms with Crippen LogP contribution in [0.1, 0.15) is 10.8 Å². The zero-order valence-electron chi connectivity index (χ0n) is 11.3. The number of rotatable bonds is 5. The Balaban J connectivity index is 2.24. The smallest absolute Gasteiger partial charge is 0.321 e. The van der Waals surface area contributed by atoms with E-state index in [1.807, 2.05) is 6.07 Å². The molecule has 0 aliphatic rings. The van der Waals surface area contributed by atoms with Crippen molar-refractivity contribution in [2.24, 2.45) is 0 Å². The maximum absolute atomic E-state index is 11.4. The van der Waals surface area contributed by atoms with Gasteiger partial charge in [-0.2, -0.15) is 0 Å². The minimum absolute atomic E-state index is 0.221. The van der Waals surface area contributed by atoms with E-state index in [-0.39, 0.29) is 4.90 Å². The molecular formula is C15H14O4S2. The first kappa shape index (κ1) is 15.6. The zero-order chi connectivity index (χ0) is 15.5. The lowest BCUT2D eigenvalue weighted by Crippen LogP contribution is -2.07. The topological polar surface area (TPSA) is 71.4 Å². The molecule has 6 heteroatoms. The molecule has 0 fully saturated rings. The molecule has 2 aromatic carbocycles. The lowest BCUT2D eigenvalue weighted by molar-refractivity contribution is -0.136. The predicted molar refractivity (Wildman–Crippen MR) is 82.2 cm³/mol. The lowest BCUT2D eigenvalue weighted by atomic mass is 10.1. The first-order valence-electron chi connectivity index (χ1n) is 6.12. The predicted octanol–water partition coefficient (Wildman–Crippen LogP) is 3.01.